The highest BCUT2D eigenvalue weighted by atomic mass is 32.2. The molecule has 1 saturated carbocycles. The van der Waals surface area contributed by atoms with E-state index in [4.69, 9.17) is 4.74 Å². The summed E-state index contributed by atoms with van der Waals surface area (Å²) < 4.78 is 21.7. The summed E-state index contributed by atoms with van der Waals surface area (Å²) in [6, 6.07) is 16.8. The number of carbonyl (C=O) groups excluding carboxylic acids is 1. The number of para-hydroxylation sites is 1. The summed E-state index contributed by atoms with van der Waals surface area (Å²) in [5.41, 5.74) is 1.49. The Kier molecular flexibility index (Phi) is 6.59. The SMILES string of the molecule is O=C(CSc1nnc(N2CCOCC2)n1-c1ccccc1)N(Cc1ccccc1F)C1CC1. The van der Waals surface area contributed by atoms with Gasteiger partial charge in [-0.05, 0) is 31.0 Å². The third-order valence-corrected chi connectivity index (χ3v) is 6.77. The number of nitrogens with zero attached hydrogens (tertiary/aromatic N) is 5. The molecule has 1 aliphatic carbocycles. The maximum atomic E-state index is 14.2. The van der Waals surface area contributed by atoms with Crippen molar-refractivity contribution in [1.29, 1.82) is 0 Å². The average Bonchev–Trinajstić information content (AvgIpc) is 3.61. The summed E-state index contributed by atoms with van der Waals surface area (Å²) in [6.07, 6.45) is 1.93. The van der Waals surface area contributed by atoms with Gasteiger partial charge < -0.3 is 14.5 Å². The van der Waals surface area contributed by atoms with Crippen LogP contribution in [0.2, 0.25) is 0 Å². The second-order valence-corrected chi connectivity index (χ2v) is 9.13. The van der Waals surface area contributed by atoms with Crippen LogP contribution in [0.1, 0.15) is 18.4 Å². The predicted molar refractivity (Wildman–Crippen MR) is 125 cm³/mol. The summed E-state index contributed by atoms with van der Waals surface area (Å²) >= 11 is 1.37. The Morgan fingerprint density at radius 1 is 1.06 bits per heavy atom. The van der Waals surface area contributed by atoms with E-state index in [0.29, 0.717) is 30.5 Å². The monoisotopic (exact) mass is 467 g/mol. The first kappa shape index (κ1) is 21.9. The fourth-order valence-electron chi connectivity index (χ4n) is 3.95. The molecular formula is C24H26FN5O2S. The standard InChI is InChI=1S/C24H26FN5O2S/c25-21-9-5-4-6-18(21)16-29(19-10-11-19)22(31)17-33-24-27-26-23(28-12-14-32-15-13-28)30(24)20-7-2-1-3-8-20/h1-9,19H,10-17H2. The van der Waals surface area contributed by atoms with Crippen LogP contribution >= 0.6 is 11.8 Å². The van der Waals surface area contributed by atoms with Crippen LogP contribution in [0, 0.1) is 5.82 Å². The molecule has 1 aromatic heterocycles. The molecule has 3 aromatic rings. The predicted octanol–water partition coefficient (Wildman–Crippen LogP) is 3.53. The van der Waals surface area contributed by atoms with Crippen molar-refractivity contribution < 1.29 is 13.9 Å². The molecule has 9 heteroatoms. The number of hydrogen-bond acceptors (Lipinski definition) is 6. The molecule has 7 nitrogen and oxygen atoms in total. The molecule has 2 fully saturated rings. The number of carbonyl (C=O) groups is 1. The van der Waals surface area contributed by atoms with Gasteiger partial charge in [0.15, 0.2) is 5.16 Å². The third kappa shape index (κ3) is 5.04. The van der Waals surface area contributed by atoms with Crippen LogP contribution in [-0.4, -0.2) is 63.7 Å². The van der Waals surface area contributed by atoms with Crippen molar-refractivity contribution in [3.8, 4) is 5.69 Å². The first-order valence-corrected chi connectivity index (χ1v) is 12.2. The maximum Gasteiger partial charge on any atom is 0.233 e. The number of hydrogen-bond donors (Lipinski definition) is 0. The van der Waals surface area contributed by atoms with Gasteiger partial charge in [-0.2, -0.15) is 0 Å². The highest BCUT2D eigenvalue weighted by molar-refractivity contribution is 7.99. The highest BCUT2D eigenvalue weighted by Crippen LogP contribution is 2.31. The van der Waals surface area contributed by atoms with E-state index in [9.17, 15) is 9.18 Å². The van der Waals surface area contributed by atoms with E-state index in [1.807, 2.05) is 34.9 Å². The van der Waals surface area contributed by atoms with E-state index < -0.39 is 0 Å². The second-order valence-electron chi connectivity index (χ2n) is 8.19. The lowest BCUT2D eigenvalue weighted by Crippen LogP contribution is -2.38. The van der Waals surface area contributed by atoms with Crippen molar-refractivity contribution in [2.45, 2.75) is 30.6 Å². The van der Waals surface area contributed by atoms with E-state index >= 15 is 0 Å². The Morgan fingerprint density at radius 3 is 2.52 bits per heavy atom. The fourth-order valence-corrected chi connectivity index (χ4v) is 4.79. The van der Waals surface area contributed by atoms with Crippen molar-refractivity contribution in [2.24, 2.45) is 0 Å². The molecule has 2 heterocycles. The van der Waals surface area contributed by atoms with E-state index in [-0.39, 0.29) is 23.5 Å². The molecule has 5 rings (SSSR count). The van der Waals surface area contributed by atoms with Crippen LogP contribution in [-0.2, 0) is 16.1 Å². The van der Waals surface area contributed by atoms with Gasteiger partial charge in [0.25, 0.3) is 0 Å². The number of morpholine rings is 1. The molecule has 1 saturated heterocycles. The third-order valence-electron chi connectivity index (χ3n) is 5.86. The van der Waals surface area contributed by atoms with Crippen molar-refractivity contribution in [1.82, 2.24) is 19.7 Å². The summed E-state index contributed by atoms with van der Waals surface area (Å²) in [5, 5.41) is 9.54. The lowest BCUT2D eigenvalue weighted by molar-refractivity contribution is -0.129. The number of benzene rings is 2. The first-order valence-electron chi connectivity index (χ1n) is 11.2. The molecular weight excluding hydrogens is 441 g/mol. The van der Waals surface area contributed by atoms with Crippen LogP contribution < -0.4 is 4.90 Å². The summed E-state index contributed by atoms with van der Waals surface area (Å²) in [4.78, 5) is 17.1. The van der Waals surface area contributed by atoms with E-state index in [1.165, 1.54) is 17.8 Å². The lowest BCUT2D eigenvalue weighted by Gasteiger charge is -2.28. The van der Waals surface area contributed by atoms with Gasteiger partial charge >= 0.3 is 0 Å². The van der Waals surface area contributed by atoms with Gasteiger partial charge in [-0.25, -0.2) is 4.39 Å². The quantitative estimate of drug-likeness (QED) is 0.473. The normalized spacial score (nSPS) is 16.1. The van der Waals surface area contributed by atoms with Gasteiger partial charge in [-0.1, -0.05) is 48.2 Å². The number of halogens is 1. The molecule has 0 N–H and O–H groups in total. The van der Waals surface area contributed by atoms with Crippen molar-refractivity contribution in [3.05, 3.63) is 66.0 Å². The zero-order chi connectivity index (χ0) is 22.6. The molecule has 172 valence electrons. The summed E-state index contributed by atoms with van der Waals surface area (Å²) in [5.74, 6) is 0.688. The fraction of sp³-hybridized carbons (Fsp3) is 0.375. The second kappa shape index (κ2) is 9.93. The molecule has 0 bridgehead atoms. The van der Waals surface area contributed by atoms with Gasteiger partial charge in [0, 0.05) is 31.2 Å². The lowest BCUT2D eigenvalue weighted by atomic mass is 10.2. The minimum absolute atomic E-state index is 0.0127. The van der Waals surface area contributed by atoms with Crippen LogP contribution in [0.4, 0.5) is 10.3 Å². The molecule has 1 amide bonds. The zero-order valence-electron chi connectivity index (χ0n) is 18.3. The van der Waals surface area contributed by atoms with Gasteiger partial charge in [-0.3, -0.25) is 9.36 Å². The van der Waals surface area contributed by atoms with Gasteiger partial charge in [0.1, 0.15) is 5.82 Å². The Labute approximate surface area is 196 Å². The maximum absolute atomic E-state index is 14.2. The topological polar surface area (TPSA) is 63.5 Å². The number of rotatable bonds is 8. The summed E-state index contributed by atoms with van der Waals surface area (Å²) in [7, 11) is 0. The Morgan fingerprint density at radius 2 is 1.79 bits per heavy atom. The molecule has 0 radical (unpaired) electrons. The Hall–Kier alpha value is -2.91. The van der Waals surface area contributed by atoms with Crippen molar-refractivity contribution in [2.75, 3.05) is 37.0 Å². The molecule has 0 atom stereocenters. The smallest absolute Gasteiger partial charge is 0.233 e. The van der Waals surface area contributed by atoms with Crippen LogP contribution in [0.25, 0.3) is 5.69 Å². The highest BCUT2D eigenvalue weighted by Gasteiger charge is 2.33. The summed E-state index contributed by atoms with van der Waals surface area (Å²) in [6.45, 7) is 3.07. The van der Waals surface area contributed by atoms with Crippen LogP contribution in [0.5, 0.6) is 0 Å². The minimum atomic E-state index is -0.275. The van der Waals surface area contributed by atoms with Gasteiger partial charge in [-0.15, -0.1) is 10.2 Å². The van der Waals surface area contributed by atoms with Crippen LogP contribution in [0.15, 0.2) is 59.8 Å². The molecule has 0 spiro atoms. The number of ether oxygens (including phenoxy) is 1. The number of amides is 1. The first-order chi connectivity index (χ1) is 16.2. The zero-order valence-corrected chi connectivity index (χ0v) is 19.1. The molecule has 1 aliphatic heterocycles. The Bertz CT molecular complexity index is 1100. The number of anilines is 1. The Balaban J connectivity index is 1.35. The molecule has 2 aromatic carbocycles. The van der Waals surface area contributed by atoms with Crippen molar-refractivity contribution in [3.63, 3.8) is 0 Å². The largest absolute Gasteiger partial charge is 0.378 e. The molecule has 2 aliphatic rings. The molecule has 33 heavy (non-hydrogen) atoms. The van der Waals surface area contributed by atoms with Gasteiger partial charge in [0.05, 0.1) is 24.7 Å². The molecule has 0 unspecified atom stereocenters. The van der Waals surface area contributed by atoms with E-state index in [0.717, 1.165) is 37.6 Å². The number of thioether (sulfide) groups is 1. The van der Waals surface area contributed by atoms with Gasteiger partial charge in [0.2, 0.25) is 11.9 Å². The minimum Gasteiger partial charge on any atom is -0.378 e. The van der Waals surface area contributed by atoms with Crippen molar-refractivity contribution >= 4 is 23.6 Å². The van der Waals surface area contributed by atoms with E-state index in [2.05, 4.69) is 15.1 Å². The number of aromatic nitrogens is 3. The van der Waals surface area contributed by atoms with E-state index in [1.54, 1.807) is 23.1 Å². The average molecular weight is 468 g/mol. The van der Waals surface area contributed by atoms with Crippen LogP contribution in [0.3, 0.4) is 0 Å².